The van der Waals surface area contributed by atoms with Gasteiger partial charge in [0.25, 0.3) is 0 Å². The Hall–Kier alpha value is -1.11. The van der Waals surface area contributed by atoms with E-state index in [9.17, 15) is 8.42 Å². The van der Waals surface area contributed by atoms with Crippen LogP contribution in [0.4, 0.5) is 5.69 Å². The normalized spacial score (nSPS) is 17.0. The number of nitrogens with two attached hydrogens (primary N) is 1. The molecule has 0 radical (unpaired) electrons. The molecule has 0 aromatic heterocycles. The number of nitrogens with zero attached hydrogens (tertiary/aromatic N) is 1. The zero-order valence-corrected chi connectivity index (χ0v) is 13.5. The predicted octanol–water partition coefficient (Wildman–Crippen LogP) is 1.73. The summed E-state index contributed by atoms with van der Waals surface area (Å²) in [6.07, 6.45) is 4.68. The van der Waals surface area contributed by atoms with E-state index in [-0.39, 0.29) is 0 Å². The summed E-state index contributed by atoms with van der Waals surface area (Å²) in [6.45, 7) is 5.48. The van der Waals surface area contributed by atoms with Gasteiger partial charge in [-0.2, -0.15) is 0 Å². The second-order valence-corrected chi connectivity index (χ2v) is 7.41. The molecule has 3 N–H and O–H groups in total. The number of anilines is 1. The number of aryl methyl sites for hydroxylation is 1. The molecule has 6 heteroatoms. The molecule has 1 heterocycles. The molecule has 0 aliphatic carbocycles. The van der Waals surface area contributed by atoms with Crippen molar-refractivity contribution in [3.63, 3.8) is 0 Å². The van der Waals surface area contributed by atoms with Crippen LogP contribution in [0.15, 0.2) is 23.1 Å². The number of piperidine rings is 1. The van der Waals surface area contributed by atoms with Crippen molar-refractivity contribution in [1.29, 1.82) is 0 Å². The van der Waals surface area contributed by atoms with Crippen LogP contribution in [0.3, 0.4) is 0 Å². The van der Waals surface area contributed by atoms with Gasteiger partial charge in [-0.05, 0) is 69.6 Å². The first-order valence-electron chi connectivity index (χ1n) is 7.57. The van der Waals surface area contributed by atoms with E-state index >= 15 is 0 Å². The standard InChI is InChI=1S/C15H25N3O2S/c1-13-12-14(16)6-7-15(13)21(19,20)17-8-5-11-18-9-3-2-4-10-18/h6-7,12,17H,2-5,8-11,16H2,1H3. The summed E-state index contributed by atoms with van der Waals surface area (Å²) < 4.78 is 27.2. The van der Waals surface area contributed by atoms with Crippen LogP contribution >= 0.6 is 0 Å². The molecule has 0 atom stereocenters. The van der Waals surface area contributed by atoms with Crippen LogP contribution in [0.1, 0.15) is 31.2 Å². The largest absolute Gasteiger partial charge is 0.399 e. The Bertz CT molecular complexity index is 566. The van der Waals surface area contributed by atoms with Gasteiger partial charge in [0.15, 0.2) is 0 Å². The van der Waals surface area contributed by atoms with Crippen molar-refractivity contribution in [3.8, 4) is 0 Å². The van der Waals surface area contributed by atoms with Crippen LogP contribution < -0.4 is 10.5 Å². The molecule has 21 heavy (non-hydrogen) atoms. The highest BCUT2D eigenvalue weighted by atomic mass is 32.2. The third-order valence-corrected chi connectivity index (χ3v) is 5.50. The molecular weight excluding hydrogens is 286 g/mol. The smallest absolute Gasteiger partial charge is 0.240 e. The van der Waals surface area contributed by atoms with Crippen LogP contribution in [0.25, 0.3) is 0 Å². The first-order valence-corrected chi connectivity index (χ1v) is 9.05. The molecule has 0 spiro atoms. The van der Waals surface area contributed by atoms with Gasteiger partial charge in [-0.1, -0.05) is 6.42 Å². The van der Waals surface area contributed by atoms with Gasteiger partial charge in [-0.3, -0.25) is 0 Å². The minimum atomic E-state index is -3.43. The van der Waals surface area contributed by atoms with E-state index in [1.165, 1.54) is 19.3 Å². The molecule has 2 rings (SSSR count). The lowest BCUT2D eigenvalue weighted by Crippen LogP contribution is -2.33. The third kappa shape index (κ3) is 4.69. The van der Waals surface area contributed by atoms with Crippen molar-refractivity contribution < 1.29 is 8.42 Å². The fourth-order valence-electron chi connectivity index (χ4n) is 2.74. The molecular formula is C15H25N3O2S. The van der Waals surface area contributed by atoms with Crippen LogP contribution in [0.5, 0.6) is 0 Å². The zero-order valence-electron chi connectivity index (χ0n) is 12.6. The summed E-state index contributed by atoms with van der Waals surface area (Å²) in [5.41, 5.74) is 6.91. The maximum atomic E-state index is 12.2. The Morgan fingerprint density at radius 1 is 1.24 bits per heavy atom. The maximum absolute atomic E-state index is 12.2. The maximum Gasteiger partial charge on any atom is 0.240 e. The summed E-state index contributed by atoms with van der Waals surface area (Å²) >= 11 is 0. The number of nitrogens with one attached hydrogen (secondary N) is 1. The second kappa shape index (κ2) is 7.24. The quantitative estimate of drug-likeness (QED) is 0.620. The summed E-state index contributed by atoms with van der Waals surface area (Å²) in [4.78, 5) is 2.72. The van der Waals surface area contributed by atoms with Crippen molar-refractivity contribution in [2.24, 2.45) is 0 Å². The van der Waals surface area contributed by atoms with Gasteiger partial charge in [0.05, 0.1) is 4.90 Å². The van der Waals surface area contributed by atoms with Crippen molar-refractivity contribution in [2.45, 2.75) is 37.5 Å². The first-order chi connectivity index (χ1) is 9.99. The molecule has 0 saturated carbocycles. The fraction of sp³-hybridized carbons (Fsp3) is 0.600. The van der Waals surface area contributed by atoms with E-state index < -0.39 is 10.0 Å². The first kappa shape index (κ1) is 16.3. The van der Waals surface area contributed by atoms with E-state index in [1.54, 1.807) is 25.1 Å². The number of benzene rings is 1. The number of rotatable bonds is 6. The monoisotopic (exact) mass is 311 g/mol. The number of sulfonamides is 1. The average Bonchev–Trinajstić information content (AvgIpc) is 2.44. The third-order valence-electron chi connectivity index (χ3n) is 3.88. The lowest BCUT2D eigenvalue weighted by molar-refractivity contribution is 0.227. The molecule has 1 aliphatic rings. The van der Waals surface area contributed by atoms with Crippen LogP contribution in [-0.4, -0.2) is 39.5 Å². The molecule has 1 aromatic carbocycles. The van der Waals surface area contributed by atoms with E-state index in [4.69, 9.17) is 5.73 Å². The second-order valence-electron chi connectivity index (χ2n) is 5.68. The molecule has 0 amide bonds. The van der Waals surface area contributed by atoms with E-state index in [0.717, 1.165) is 26.1 Å². The Labute approximate surface area is 127 Å². The van der Waals surface area contributed by atoms with E-state index in [1.807, 2.05) is 0 Å². The van der Waals surface area contributed by atoms with Crippen molar-refractivity contribution in [2.75, 3.05) is 31.9 Å². The van der Waals surface area contributed by atoms with Crippen molar-refractivity contribution in [1.82, 2.24) is 9.62 Å². The summed E-state index contributed by atoms with van der Waals surface area (Å²) in [5, 5.41) is 0. The fourth-order valence-corrected chi connectivity index (χ4v) is 4.04. The van der Waals surface area contributed by atoms with Crippen LogP contribution in [-0.2, 0) is 10.0 Å². The number of likely N-dealkylation sites (tertiary alicyclic amines) is 1. The van der Waals surface area contributed by atoms with Gasteiger partial charge < -0.3 is 10.6 Å². The Balaban J connectivity index is 1.83. The topological polar surface area (TPSA) is 75.4 Å². The van der Waals surface area contributed by atoms with Gasteiger partial charge in [0.2, 0.25) is 10.0 Å². The Morgan fingerprint density at radius 3 is 2.62 bits per heavy atom. The molecule has 1 saturated heterocycles. The van der Waals surface area contributed by atoms with E-state index in [2.05, 4.69) is 9.62 Å². The molecule has 118 valence electrons. The van der Waals surface area contributed by atoms with E-state index in [0.29, 0.717) is 22.7 Å². The Kier molecular flexibility index (Phi) is 5.61. The number of nitrogen functional groups attached to an aromatic ring is 1. The minimum Gasteiger partial charge on any atom is -0.399 e. The SMILES string of the molecule is Cc1cc(N)ccc1S(=O)(=O)NCCCN1CCCCC1. The predicted molar refractivity (Wildman–Crippen MR) is 85.7 cm³/mol. The summed E-state index contributed by atoms with van der Waals surface area (Å²) in [6, 6.07) is 4.87. The van der Waals surface area contributed by atoms with Gasteiger partial charge >= 0.3 is 0 Å². The van der Waals surface area contributed by atoms with Crippen molar-refractivity contribution >= 4 is 15.7 Å². The van der Waals surface area contributed by atoms with Gasteiger partial charge in [0.1, 0.15) is 0 Å². The lowest BCUT2D eigenvalue weighted by atomic mass is 10.1. The van der Waals surface area contributed by atoms with Gasteiger partial charge in [-0.15, -0.1) is 0 Å². The molecule has 1 aromatic rings. The molecule has 0 unspecified atom stereocenters. The van der Waals surface area contributed by atoms with Gasteiger partial charge in [0, 0.05) is 12.2 Å². The van der Waals surface area contributed by atoms with Crippen LogP contribution in [0, 0.1) is 6.92 Å². The van der Waals surface area contributed by atoms with Gasteiger partial charge in [-0.25, -0.2) is 13.1 Å². The zero-order chi connectivity index (χ0) is 15.3. The highest BCUT2D eigenvalue weighted by molar-refractivity contribution is 7.89. The molecule has 1 aliphatic heterocycles. The highest BCUT2D eigenvalue weighted by Crippen LogP contribution is 2.17. The minimum absolute atomic E-state index is 0.315. The van der Waals surface area contributed by atoms with Crippen molar-refractivity contribution in [3.05, 3.63) is 23.8 Å². The Morgan fingerprint density at radius 2 is 1.95 bits per heavy atom. The lowest BCUT2D eigenvalue weighted by Gasteiger charge is -2.26. The molecule has 1 fully saturated rings. The number of hydrogen-bond acceptors (Lipinski definition) is 4. The summed E-state index contributed by atoms with van der Waals surface area (Å²) in [7, 11) is -3.43. The van der Waals surface area contributed by atoms with Crippen LogP contribution in [0.2, 0.25) is 0 Å². The highest BCUT2D eigenvalue weighted by Gasteiger charge is 2.16. The molecule has 5 nitrogen and oxygen atoms in total. The average molecular weight is 311 g/mol. The molecule has 0 bridgehead atoms. The number of hydrogen-bond donors (Lipinski definition) is 2. The summed E-state index contributed by atoms with van der Waals surface area (Å²) in [5.74, 6) is 0.